The Morgan fingerprint density at radius 2 is 2.08 bits per heavy atom. The van der Waals surface area contributed by atoms with Gasteiger partial charge in [-0.2, -0.15) is 0 Å². The van der Waals surface area contributed by atoms with Crippen molar-refractivity contribution >= 4 is 32.7 Å². The van der Waals surface area contributed by atoms with Crippen LogP contribution in [0.5, 0.6) is 0 Å². The van der Waals surface area contributed by atoms with Crippen LogP contribution in [0.15, 0.2) is 28.5 Å². The average Bonchev–Trinajstić information content (AvgIpc) is 2.71. The first-order valence-corrected chi connectivity index (χ1v) is 4.38. The Morgan fingerprint density at radius 3 is 3.08 bits per heavy atom. The molecule has 58 valence electrons. The molecule has 3 rings (SSSR count). The maximum absolute atomic E-state index is 5.25. The maximum Gasteiger partial charge on any atom is 0.182 e. The van der Waals surface area contributed by atoms with Crippen molar-refractivity contribution in [2.45, 2.75) is 0 Å². The summed E-state index contributed by atoms with van der Waals surface area (Å²) in [6.45, 7) is 0. The van der Waals surface area contributed by atoms with E-state index in [1.54, 1.807) is 11.3 Å². The normalized spacial score (nSPS) is 11.3. The zero-order chi connectivity index (χ0) is 7.97. The number of oxazole rings is 1. The molecular weight excluding hydrogens is 172 g/mol. The molecule has 3 nitrogen and oxygen atoms in total. The lowest BCUT2D eigenvalue weighted by Gasteiger charge is -1.86. The lowest BCUT2D eigenvalue weighted by molar-refractivity contribution is 0.605. The largest absolute Gasteiger partial charge is 0.442 e. The number of thiazole rings is 1. The zero-order valence-corrected chi connectivity index (χ0v) is 6.84. The standard InChI is InChI=1S/C8H4N2OS/c1-2-6-8(12-4-10-6)7-5(1)9-3-11-7/h1-4H. The molecule has 0 aliphatic heterocycles. The summed E-state index contributed by atoms with van der Waals surface area (Å²) in [5.41, 5.74) is 4.53. The Bertz CT molecular complexity index is 490. The van der Waals surface area contributed by atoms with Crippen LogP contribution in [-0.4, -0.2) is 9.97 Å². The quantitative estimate of drug-likeness (QED) is 0.528. The summed E-state index contributed by atoms with van der Waals surface area (Å²) in [6, 6.07) is 3.87. The summed E-state index contributed by atoms with van der Waals surface area (Å²) < 4.78 is 6.32. The highest BCUT2D eigenvalue weighted by atomic mass is 32.1. The second-order valence-electron chi connectivity index (χ2n) is 2.47. The molecule has 0 radical (unpaired) electrons. The molecule has 0 amide bonds. The van der Waals surface area contributed by atoms with Gasteiger partial charge in [0.05, 0.1) is 15.7 Å². The van der Waals surface area contributed by atoms with Crippen molar-refractivity contribution in [1.29, 1.82) is 0 Å². The highest BCUT2D eigenvalue weighted by Gasteiger charge is 2.05. The van der Waals surface area contributed by atoms with Crippen molar-refractivity contribution in [2.75, 3.05) is 0 Å². The molecule has 0 unspecified atom stereocenters. The second-order valence-corrected chi connectivity index (χ2v) is 3.32. The zero-order valence-electron chi connectivity index (χ0n) is 6.02. The van der Waals surface area contributed by atoms with E-state index in [1.807, 2.05) is 17.6 Å². The van der Waals surface area contributed by atoms with Crippen LogP contribution >= 0.6 is 11.3 Å². The van der Waals surface area contributed by atoms with E-state index in [4.69, 9.17) is 4.42 Å². The molecule has 2 aromatic heterocycles. The van der Waals surface area contributed by atoms with E-state index in [0.29, 0.717) is 0 Å². The van der Waals surface area contributed by atoms with E-state index in [2.05, 4.69) is 9.97 Å². The number of rotatable bonds is 0. The number of hydrogen-bond donors (Lipinski definition) is 0. The molecule has 0 aliphatic carbocycles. The van der Waals surface area contributed by atoms with E-state index >= 15 is 0 Å². The van der Waals surface area contributed by atoms with Crippen LogP contribution in [0.1, 0.15) is 0 Å². The number of fused-ring (bicyclic) bond motifs is 3. The highest BCUT2D eigenvalue weighted by molar-refractivity contribution is 7.17. The van der Waals surface area contributed by atoms with Crippen molar-refractivity contribution in [3.05, 3.63) is 24.0 Å². The van der Waals surface area contributed by atoms with Crippen LogP contribution in [0, 0.1) is 0 Å². The second kappa shape index (κ2) is 2.04. The van der Waals surface area contributed by atoms with E-state index in [0.717, 1.165) is 21.3 Å². The van der Waals surface area contributed by atoms with Crippen molar-refractivity contribution in [3.8, 4) is 0 Å². The van der Waals surface area contributed by atoms with Crippen molar-refractivity contribution in [3.63, 3.8) is 0 Å². The predicted octanol–water partition coefficient (Wildman–Crippen LogP) is 2.44. The fourth-order valence-corrected chi connectivity index (χ4v) is 2.02. The minimum atomic E-state index is 0.843. The number of hydrogen-bond acceptors (Lipinski definition) is 4. The van der Waals surface area contributed by atoms with Gasteiger partial charge in [-0.3, -0.25) is 0 Å². The van der Waals surface area contributed by atoms with Crippen LogP contribution in [-0.2, 0) is 0 Å². The smallest absolute Gasteiger partial charge is 0.182 e. The molecular formula is C8H4N2OS. The van der Waals surface area contributed by atoms with Crippen molar-refractivity contribution in [2.24, 2.45) is 0 Å². The van der Waals surface area contributed by atoms with Crippen molar-refractivity contribution in [1.82, 2.24) is 9.97 Å². The van der Waals surface area contributed by atoms with Crippen molar-refractivity contribution < 1.29 is 4.42 Å². The molecule has 0 saturated heterocycles. The Labute approximate surface area is 71.7 Å². The van der Waals surface area contributed by atoms with Gasteiger partial charge in [0, 0.05) is 0 Å². The third-order valence-corrected chi connectivity index (χ3v) is 2.64. The molecule has 3 aromatic rings. The molecule has 0 spiro atoms. The maximum atomic E-state index is 5.25. The molecule has 0 atom stereocenters. The van der Waals surface area contributed by atoms with Crippen LogP contribution in [0.25, 0.3) is 21.3 Å². The SMILES string of the molecule is c1nc2ccc3ncsc3c2o1. The fraction of sp³-hybridized carbons (Fsp3) is 0. The number of benzene rings is 1. The molecule has 0 saturated carbocycles. The Kier molecular flexibility index (Phi) is 1.04. The topological polar surface area (TPSA) is 38.9 Å². The van der Waals surface area contributed by atoms with Gasteiger partial charge in [0.25, 0.3) is 0 Å². The van der Waals surface area contributed by atoms with Gasteiger partial charge in [-0.25, -0.2) is 9.97 Å². The first-order chi connectivity index (χ1) is 5.95. The minimum Gasteiger partial charge on any atom is -0.442 e. The Morgan fingerprint density at radius 1 is 1.17 bits per heavy atom. The van der Waals surface area contributed by atoms with Gasteiger partial charge in [-0.1, -0.05) is 0 Å². The highest BCUT2D eigenvalue weighted by Crippen LogP contribution is 2.26. The van der Waals surface area contributed by atoms with Crippen LogP contribution < -0.4 is 0 Å². The average molecular weight is 176 g/mol. The Hall–Kier alpha value is -1.42. The van der Waals surface area contributed by atoms with Gasteiger partial charge >= 0.3 is 0 Å². The molecule has 1 aromatic carbocycles. The lowest BCUT2D eigenvalue weighted by Crippen LogP contribution is -1.68. The van der Waals surface area contributed by atoms with Crippen LogP contribution in [0.4, 0.5) is 0 Å². The summed E-state index contributed by atoms with van der Waals surface area (Å²) in [5.74, 6) is 0. The van der Waals surface area contributed by atoms with Gasteiger partial charge in [0.1, 0.15) is 5.52 Å². The third-order valence-electron chi connectivity index (χ3n) is 1.80. The lowest BCUT2D eigenvalue weighted by atomic mass is 10.3. The predicted molar refractivity (Wildman–Crippen MR) is 47.2 cm³/mol. The van der Waals surface area contributed by atoms with Gasteiger partial charge in [0.15, 0.2) is 12.0 Å². The first kappa shape index (κ1) is 6.14. The molecule has 2 heterocycles. The first-order valence-electron chi connectivity index (χ1n) is 3.50. The summed E-state index contributed by atoms with van der Waals surface area (Å²) in [6.07, 6.45) is 1.46. The summed E-state index contributed by atoms with van der Waals surface area (Å²) in [7, 11) is 0. The van der Waals surface area contributed by atoms with E-state index < -0.39 is 0 Å². The summed E-state index contributed by atoms with van der Waals surface area (Å²) in [4.78, 5) is 8.24. The van der Waals surface area contributed by atoms with E-state index in [1.165, 1.54) is 6.39 Å². The molecule has 4 heteroatoms. The fourth-order valence-electron chi connectivity index (χ4n) is 1.24. The number of nitrogens with zero attached hydrogens (tertiary/aromatic N) is 2. The molecule has 12 heavy (non-hydrogen) atoms. The van der Waals surface area contributed by atoms with Crippen LogP contribution in [0.2, 0.25) is 0 Å². The van der Waals surface area contributed by atoms with Gasteiger partial charge < -0.3 is 4.42 Å². The van der Waals surface area contributed by atoms with Gasteiger partial charge in [-0.15, -0.1) is 11.3 Å². The van der Waals surface area contributed by atoms with E-state index in [9.17, 15) is 0 Å². The summed E-state index contributed by atoms with van der Waals surface area (Å²) >= 11 is 1.58. The number of aromatic nitrogens is 2. The summed E-state index contributed by atoms with van der Waals surface area (Å²) in [5, 5.41) is 0. The molecule has 0 aliphatic rings. The van der Waals surface area contributed by atoms with Gasteiger partial charge in [0.2, 0.25) is 0 Å². The van der Waals surface area contributed by atoms with E-state index in [-0.39, 0.29) is 0 Å². The molecule has 0 N–H and O–H groups in total. The third kappa shape index (κ3) is 0.648. The molecule has 0 fully saturated rings. The van der Waals surface area contributed by atoms with Gasteiger partial charge in [-0.05, 0) is 12.1 Å². The van der Waals surface area contributed by atoms with Crippen LogP contribution in [0.3, 0.4) is 0 Å². The molecule has 0 bridgehead atoms. The monoisotopic (exact) mass is 176 g/mol. The minimum absolute atomic E-state index is 0.843. The Balaban J connectivity index is 2.71.